The first-order valence-electron chi connectivity index (χ1n) is 6.32. The van der Waals surface area contributed by atoms with Crippen LogP contribution in [0.25, 0.3) is 10.8 Å². The Hall–Kier alpha value is -1.21. The maximum Gasteiger partial charge on any atom is 0.119 e. The van der Waals surface area contributed by atoms with E-state index >= 15 is 0 Å². The molecule has 0 heterocycles. The first kappa shape index (κ1) is 13.2. The molecule has 0 bridgehead atoms. The summed E-state index contributed by atoms with van der Waals surface area (Å²) in [5, 5.41) is 2.49. The summed E-state index contributed by atoms with van der Waals surface area (Å²) in [6.07, 6.45) is 1.00. The minimum Gasteiger partial charge on any atom is -0.497 e. The lowest BCUT2D eigenvalue weighted by molar-refractivity contribution is 0.415. The van der Waals surface area contributed by atoms with Crippen molar-refractivity contribution < 1.29 is 4.74 Å². The van der Waals surface area contributed by atoms with Crippen molar-refractivity contribution in [2.24, 2.45) is 5.92 Å². The van der Waals surface area contributed by atoms with Crippen molar-refractivity contribution in [3.63, 3.8) is 0 Å². The van der Waals surface area contributed by atoms with Gasteiger partial charge in [-0.05, 0) is 46.9 Å². The summed E-state index contributed by atoms with van der Waals surface area (Å²) < 4.78 is 5.23. The highest BCUT2D eigenvalue weighted by atomic mass is 35.5. The number of halogens is 1. The van der Waals surface area contributed by atoms with Crippen molar-refractivity contribution in [1.82, 2.24) is 0 Å². The van der Waals surface area contributed by atoms with Crippen molar-refractivity contribution in [2.45, 2.75) is 25.6 Å². The second-order valence-electron chi connectivity index (χ2n) is 5.07. The maximum atomic E-state index is 6.44. The molecule has 0 amide bonds. The van der Waals surface area contributed by atoms with Gasteiger partial charge in [-0.1, -0.05) is 32.0 Å². The van der Waals surface area contributed by atoms with Crippen LogP contribution >= 0.6 is 11.6 Å². The minimum absolute atomic E-state index is 0.0940. The predicted octanol–water partition coefficient (Wildman–Crippen LogP) is 5.17. The monoisotopic (exact) mass is 262 g/mol. The maximum absolute atomic E-state index is 6.44. The number of ether oxygens (including phenoxy) is 1. The molecule has 1 nitrogen and oxygen atoms in total. The van der Waals surface area contributed by atoms with E-state index in [2.05, 4.69) is 38.1 Å². The van der Waals surface area contributed by atoms with Crippen molar-refractivity contribution in [3.05, 3.63) is 42.0 Å². The fourth-order valence-corrected chi connectivity index (χ4v) is 2.61. The van der Waals surface area contributed by atoms with Crippen molar-refractivity contribution >= 4 is 22.4 Å². The Morgan fingerprint density at radius 2 is 1.72 bits per heavy atom. The van der Waals surface area contributed by atoms with Gasteiger partial charge >= 0.3 is 0 Å². The molecule has 1 unspecified atom stereocenters. The number of methoxy groups -OCH3 is 1. The fraction of sp³-hybridized carbons (Fsp3) is 0.375. The normalized spacial score (nSPS) is 12.9. The molecule has 0 fully saturated rings. The summed E-state index contributed by atoms with van der Waals surface area (Å²) in [5.41, 5.74) is 1.20. The fourth-order valence-electron chi connectivity index (χ4n) is 2.11. The molecule has 18 heavy (non-hydrogen) atoms. The van der Waals surface area contributed by atoms with Crippen LogP contribution in [-0.2, 0) is 0 Å². The van der Waals surface area contributed by atoms with E-state index in [1.165, 1.54) is 16.3 Å². The lowest BCUT2D eigenvalue weighted by Crippen LogP contribution is -1.96. The van der Waals surface area contributed by atoms with Gasteiger partial charge in [0, 0.05) is 0 Å². The third-order valence-corrected chi connectivity index (χ3v) is 3.54. The highest BCUT2D eigenvalue weighted by Gasteiger charge is 2.10. The van der Waals surface area contributed by atoms with Crippen LogP contribution in [-0.4, -0.2) is 7.11 Å². The van der Waals surface area contributed by atoms with Gasteiger partial charge in [0.15, 0.2) is 0 Å². The van der Waals surface area contributed by atoms with Crippen molar-refractivity contribution in [3.8, 4) is 5.75 Å². The number of hydrogen-bond donors (Lipinski definition) is 0. The summed E-state index contributed by atoms with van der Waals surface area (Å²) in [6.45, 7) is 4.39. The van der Waals surface area contributed by atoms with E-state index in [4.69, 9.17) is 16.3 Å². The smallest absolute Gasteiger partial charge is 0.119 e. The third-order valence-electron chi connectivity index (χ3n) is 3.11. The Balaban J connectivity index is 2.33. The molecule has 0 aliphatic rings. The van der Waals surface area contributed by atoms with E-state index in [9.17, 15) is 0 Å². The molecular weight excluding hydrogens is 244 g/mol. The lowest BCUT2D eigenvalue weighted by atomic mass is 9.99. The Labute approximate surface area is 114 Å². The van der Waals surface area contributed by atoms with Gasteiger partial charge < -0.3 is 4.74 Å². The Morgan fingerprint density at radius 3 is 2.39 bits per heavy atom. The van der Waals surface area contributed by atoms with Crippen LogP contribution < -0.4 is 4.74 Å². The summed E-state index contributed by atoms with van der Waals surface area (Å²) in [6, 6.07) is 12.5. The summed E-state index contributed by atoms with van der Waals surface area (Å²) in [4.78, 5) is 0. The molecule has 0 aromatic heterocycles. The van der Waals surface area contributed by atoms with Gasteiger partial charge in [-0.15, -0.1) is 11.6 Å². The molecule has 1 atom stereocenters. The number of alkyl halides is 1. The summed E-state index contributed by atoms with van der Waals surface area (Å²) >= 11 is 6.44. The van der Waals surface area contributed by atoms with E-state index in [1.807, 2.05) is 12.1 Å². The molecule has 2 heteroatoms. The van der Waals surface area contributed by atoms with E-state index in [0.717, 1.165) is 12.2 Å². The van der Waals surface area contributed by atoms with E-state index < -0.39 is 0 Å². The van der Waals surface area contributed by atoms with Crippen LogP contribution in [0.15, 0.2) is 36.4 Å². The largest absolute Gasteiger partial charge is 0.497 e. The summed E-state index contributed by atoms with van der Waals surface area (Å²) in [5.74, 6) is 1.50. The van der Waals surface area contributed by atoms with Gasteiger partial charge in [0.05, 0.1) is 12.5 Å². The lowest BCUT2D eigenvalue weighted by Gasteiger charge is -2.13. The molecule has 0 aliphatic carbocycles. The molecule has 0 saturated carbocycles. The molecule has 2 aromatic rings. The zero-order valence-electron chi connectivity index (χ0n) is 11.1. The van der Waals surface area contributed by atoms with Gasteiger partial charge in [-0.2, -0.15) is 0 Å². The topological polar surface area (TPSA) is 9.23 Å². The summed E-state index contributed by atoms with van der Waals surface area (Å²) in [7, 11) is 1.69. The zero-order chi connectivity index (χ0) is 13.1. The van der Waals surface area contributed by atoms with E-state index in [1.54, 1.807) is 7.11 Å². The average Bonchev–Trinajstić information content (AvgIpc) is 2.36. The number of benzene rings is 2. The number of rotatable bonds is 4. The van der Waals surface area contributed by atoms with Gasteiger partial charge in [-0.3, -0.25) is 0 Å². The molecule has 2 aromatic carbocycles. The Kier molecular flexibility index (Phi) is 4.13. The molecule has 0 radical (unpaired) electrons. The molecule has 0 saturated heterocycles. The third kappa shape index (κ3) is 2.97. The Bertz CT molecular complexity index is 534. The molecular formula is C16H19ClO. The molecule has 0 N–H and O–H groups in total. The van der Waals surface area contributed by atoms with Crippen molar-refractivity contribution in [2.75, 3.05) is 7.11 Å². The number of hydrogen-bond acceptors (Lipinski definition) is 1. The number of fused-ring (bicyclic) bond motifs is 1. The highest BCUT2D eigenvalue weighted by Crippen LogP contribution is 2.31. The van der Waals surface area contributed by atoms with Crippen LogP contribution in [0.5, 0.6) is 5.75 Å². The molecule has 0 spiro atoms. The molecule has 0 aliphatic heterocycles. The van der Waals surface area contributed by atoms with E-state index in [-0.39, 0.29) is 5.38 Å². The molecule has 2 rings (SSSR count). The standard InChI is InChI=1S/C16H19ClO/c1-11(2)8-16(17)14-5-4-13-10-15(18-3)7-6-12(13)9-14/h4-7,9-11,16H,8H2,1-3H3. The second kappa shape index (κ2) is 5.62. The SMILES string of the molecule is COc1ccc2cc(C(Cl)CC(C)C)ccc2c1. The van der Waals surface area contributed by atoms with Gasteiger partial charge in [0.2, 0.25) is 0 Å². The van der Waals surface area contributed by atoms with Gasteiger partial charge in [0.25, 0.3) is 0 Å². The van der Waals surface area contributed by atoms with Gasteiger partial charge in [0.1, 0.15) is 5.75 Å². The average molecular weight is 263 g/mol. The Morgan fingerprint density at radius 1 is 1.06 bits per heavy atom. The second-order valence-corrected chi connectivity index (χ2v) is 5.60. The van der Waals surface area contributed by atoms with E-state index in [0.29, 0.717) is 5.92 Å². The van der Waals surface area contributed by atoms with Crippen molar-refractivity contribution in [1.29, 1.82) is 0 Å². The highest BCUT2D eigenvalue weighted by molar-refractivity contribution is 6.21. The quantitative estimate of drug-likeness (QED) is 0.691. The first-order valence-corrected chi connectivity index (χ1v) is 6.75. The van der Waals surface area contributed by atoms with Crippen LogP contribution in [0.4, 0.5) is 0 Å². The molecule has 96 valence electrons. The predicted molar refractivity (Wildman–Crippen MR) is 78.5 cm³/mol. The van der Waals surface area contributed by atoms with Crippen LogP contribution in [0.3, 0.4) is 0 Å². The van der Waals surface area contributed by atoms with Crippen LogP contribution in [0.1, 0.15) is 31.2 Å². The zero-order valence-corrected chi connectivity index (χ0v) is 11.9. The van der Waals surface area contributed by atoms with Crippen LogP contribution in [0.2, 0.25) is 0 Å². The van der Waals surface area contributed by atoms with Gasteiger partial charge in [-0.25, -0.2) is 0 Å². The first-order chi connectivity index (χ1) is 8.60. The van der Waals surface area contributed by atoms with Crippen LogP contribution in [0, 0.1) is 5.92 Å². The minimum atomic E-state index is 0.0940.